The van der Waals surface area contributed by atoms with Gasteiger partial charge in [-0.1, -0.05) is 0 Å². The molecule has 4 heteroatoms. The molecular weight excluding hydrogens is 136 g/mol. The fourth-order valence-electron chi connectivity index (χ4n) is 0.844. The van der Waals surface area contributed by atoms with Crippen LogP contribution in [0.3, 0.4) is 0 Å². The van der Waals surface area contributed by atoms with Crippen LogP contribution in [0.4, 0.5) is 0 Å². The van der Waals surface area contributed by atoms with Gasteiger partial charge in [0, 0.05) is 14.2 Å². The van der Waals surface area contributed by atoms with E-state index in [-0.39, 0.29) is 12.6 Å². The van der Waals surface area contributed by atoms with Gasteiger partial charge in [-0.2, -0.15) is 0 Å². The summed E-state index contributed by atoms with van der Waals surface area (Å²) in [6.07, 6.45) is -0.752. The normalized spacial score (nSPS) is 34.2. The lowest BCUT2D eigenvalue weighted by molar-refractivity contribution is -0.307. The van der Waals surface area contributed by atoms with E-state index < -0.39 is 0 Å². The Labute approximate surface area is 60.0 Å². The van der Waals surface area contributed by atoms with Crippen molar-refractivity contribution in [3.05, 3.63) is 0 Å². The van der Waals surface area contributed by atoms with Gasteiger partial charge in [0.2, 0.25) is 12.6 Å². The summed E-state index contributed by atoms with van der Waals surface area (Å²) in [6, 6.07) is 0. The van der Waals surface area contributed by atoms with Gasteiger partial charge in [-0.3, -0.25) is 0 Å². The van der Waals surface area contributed by atoms with E-state index in [0.29, 0.717) is 13.2 Å². The molecule has 2 unspecified atom stereocenters. The predicted octanol–water partition coefficient (Wildman–Crippen LogP) is -0.0218. The van der Waals surface area contributed by atoms with Gasteiger partial charge >= 0.3 is 0 Å². The average molecular weight is 148 g/mol. The minimum atomic E-state index is -0.376. The molecule has 60 valence electrons. The monoisotopic (exact) mass is 148 g/mol. The Bertz CT molecular complexity index is 83.7. The molecule has 1 rings (SSSR count). The van der Waals surface area contributed by atoms with Gasteiger partial charge in [-0.05, 0) is 0 Å². The first-order valence-corrected chi connectivity index (χ1v) is 3.17. The van der Waals surface area contributed by atoms with E-state index in [0.717, 1.165) is 0 Å². The molecular formula is C6H12O4. The molecule has 0 aromatic carbocycles. The van der Waals surface area contributed by atoms with Crippen LogP contribution in [-0.4, -0.2) is 40.0 Å². The second-order valence-corrected chi connectivity index (χ2v) is 1.95. The second-order valence-electron chi connectivity index (χ2n) is 1.95. The highest BCUT2D eigenvalue weighted by Gasteiger charge is 2.25. The van der Waals surface area contributed by atoms with Gasteiger partial charge in [-0.15, -0.1) is 0 Å². The maximum absolute atomic E-state index is 5.16. The molecule has 0 amide bonds. The third-order valence-electron chi connectivity index (χ3n) is 1.33. The van der Waals surface area contributed by atoms with Crippen molar-refractivity contribution < 1.29 is 18.9 Å². The molecule has 1 heterocycles. The van der Waals surface area contributed by atoms with Crippen LogP contribution in [0.15, 0.2) is 0 Å². The summed E-state index contributed by atoms with van der Waals surface area (Å²) >= 11 is 0. The zero-order valence-corrected chi connectivity index (χ0v) is 6.20. The third kappa shape index (κ3) is 1.67. The van der Waals surface area contributed by atoms with Gasteiger partial charge in [0.25, 0.3) is 0 Å². The molecule has 0 aliphatic carbocycles. The van der Waals surface area contributed by atoms with Gasteiger partial charge in [-0.25, -0.2) is 0 Å². The smallest absolute Gasteiger partial charge is 0.209 e. The molecule has 2 atom stereocenters. The first kappa shape index (κ1) is 7.94. The fraction of sp³-hybridized carbons (Fsp3) is 1.00. The Balaban J connectivity index is 2.34. The van der Waals surface area contributed by atoms with Crippen LogP contribution in [0, 0.1) is 0 Å². The van der Waals surface area contributed by atoms with Crippen LogP contribution in [0.5, 0.6) is 0 Å². The summed E-state index contributed by atoms with van der Waals surface area (Å²) < 4.78 is 20.2. The summed E-state index contributed by atoms with van der Waals surface area (Å²) in [5, 5.41) is 0. The van der Waals surface area contributed by atoms with Gasteiger partial charge in [0.15, 0.2) is 0 Å². The zero-order chi connectivity index (χ0) is 7.40. The predicted molar refractivity (Wildman–Crippen MR) is 33.5 cm³/mol. The SMILES string of the molecule is COC1OCCOC1OC. The second kappa shape index (κ2) is 3.88. The maximum atomic E-state index is 5.16. The molecule has 0 spiro atoms. The molecule has 0 aromatic rings. The topological polar surface area (TPSA) is 36.9 Å². The van der Waals surface area contributed by atoms with Crippen LogP contribution in [0.2, 0.25) is 0 Å². The number of rotatable bonds is 2. The van der Waals surface area contributed by atoms with Crippen molar-refractivity contribution >= 4 is 0 Å². The lowest BCUT2D eigenvalue weighted by atomic mass is 10.5. The van der Waals surface area contributed by atoms with Crippen molar-refractivity contribution in [2.24, 2.45) is 0 Å². The van der Waals surface area contributed by atoms with Crippen molar-refractivity contribution in [1.82, 2.24) is 0 Å². The maximum Gasteiger partial charge on any atom is 0.209 e. The van der Waals surface area contributed by atoms with E-state index in [1.54, 1.807) is 14.2 Å². The number of methoxy groups -OCH3 is 2. The van der Waals surface area contributed by atoms with Crippen molar-refractivity contribution in [1.29, 1.82) is 0 Å². The molecule has 10 heavy (non-hydrogen) atoms. The standard InChI is InChI=1S/C6H12O4/c1-7-5-6(8-2)10-4-3-9-5/h5-6H,3-4H2,1-2H3. The van der Waals surface area contributed by atoms with Gasteiger partial charge < -0.3 is 18.9 Å². The molecule has 4 nitrogen and oxygen atoms in total. The molecule has 0 bridgehead atoms. The summed E-state index contributed by atoms with van der Waals surface area (Å²) in [7, 11) is 3.12. The van der Waals surface area contributed by atoms with Gasteiger partial charge in [0.1, 0.15) is 0 Å². The Morgan fingerprint density at radius 1 is 1.00 bits per heavy atom. The van der Waals surface area contributed by atoms with Crippen LogP contribution in [-0.2, 0) is 18.9 Å². The molecule has 1 fully saturated rings. The van der Waals surface area contributed by atoms with E-state index >= 15 is 0 Å². The largest absolute Gasteiger partial charge is 0.351 e. The minimum Gasteiger partial charge on any atom is -0.351 e. The molecule has 0 aromatic heterocycles. The molecule has 0 radical (unpaired) electrons. The summed E-state index contributed by atoms with van der Waals surface area (Å²) in [4.78, 5) is 0. The summed E-state index contributed by atoms with van der Waals surface area (Å²) in [5.41, 5.74) is 0. The molecule has 1 aliphatic heterocycles. The lowest BCUT2D eigenvalue weighted by Gasteiger charge is -2.28. The van der Waals surface area contributed by atoms with Crippen molar-refractivity contribution in [3.8, 4) is 0 Å². The van der Waals surface area contributed by atoms with Crippen molar-refractivity contribution in [2.45, 2.75) is 12.6 Å². The number of ether oxygens (including phenoxy) is 4. The summed E-state index contributed by atoms with van der Waals surface area (Å²) in [6.45, 7) is 1.14. The fourth-order valence-corrected chi connectivity index (χ4v) is 0.844. The van der Waals surface area contributed by atoms with Crippen LogP contribution < -0.4 is 0 Å². The van der Waals surface area contributed by atoms with Crippen molar-refractivity contribution in [3.63, 3.8) is 0 Å². The molecule has 0 saturated carbocycles. The van der Waals surface area contributed by atoms with E-state index in [9.17, 15) is 0 Å². The van der Waals surface area contributed by atoms with Crippen molar-refractivity contribution in [2.75, 3.05) is 27.4 Å². The first-order valence-electron chi connectivity index (χ1n) is 3.17. The van der Waals surface area contributed by atoms with E-state index in [1.807, 2.05) is 0 Å². The number of hydrogen-bond acceptors (Lipinski definition) is 4. The lowest BCUT2D eigenvalue weighted by Crippen LogP contribution is -2.40. The highest BCUT2D eigenvalue weighted by molar-refractivity contribution is 4.54. The Hall–Kier alpha value is -0.160. The third-order valence-corrected chi connectivity index (χ3v) is 1.33. The highest BCUT2D eigenvalue weighted by atomic mass is 16.8. The van der Waals surface area contributed by atoms with E-state index in [2.05, 4.69) is 0 Å². The quantitative estimate of drug-likeness (QED) is 0.551. The molecule has 1 saturated heterocycles. The molecule has 1 aliphatic rings. The minimum absolute atomic E-state index is 0.376. The van der Waals surface area contributed by atoms with Gasteiger partial charge in [0.05, 0.1) is 13.2 Å². The van der Waals surface area contributed by atoms with E-state index in [4.69, 9.17) is 18.9 Å². The molecule has 0 N–H and O–H groups in total. The Kier molecular flexibility index (Phi) is 3.08. The zero-order valence-electron chi connectivity index (χ0n) is 6.20. The van der Waals surface area contributed by atoms with Crippen LogP contribution >= 0.6 is 0 Å². The van der Waals surface area contributed by atoms with Crippen LogP contribution in [0.1, 0.15) is 0 Å². The number of hydrogen-bond donors (Lipinski definition) is 0. The Morgan fingerprint density at radius 3 is 1.70 bits per heavy atom. The summed E-state index contributed by atoms with van der Waals surface area (Å²) in [5.74, 6) is 0. The average Bonchev–Trinajstić information content (AvgIpc) is 2.04. The Morgan fingerprint density at radius 2 is 1.40 bits per heavy atom. The first-order chi connectivity index (χ1) is 4.88. The van der Waals surface area contributed by atoms with Crippen LogP contribution in [0.25, 0.3) is 0 Å². The highest BCUT2D eigenvalue weighted by Crippen LogP contribution is 2.10. The van der Waals surface area contributed by atoms with E-state index in [1.165, 1.54) is 0 Å².